The SMILES string of the molecule is Clc1nc(-c2ccccc2)nc(-c2cccc(-c3nc(-c4ccccc4)nc(-c4ccccc4)n3)c2)n1. The number of benzene rings is 4. The molecule has 0 aliphatic heterocycles. The monoisotopic (exact) mass is 498 g/mol. The summed E-state index contributed by atoms with van der Waals surface area (Å²) in [5.74, 6) is 2.74. The molecule has 6 aromatic rings. The van der Waals surface area contributed by atoms with Crippen LogP contribution in [0.1, 0.15) is 0 Å². The summed E-state index contributed by atoms with van der Waals surface area (Å²) in [6.07, 6.45) is 0. The molecule has 0 bridgehead atoms. The molecule has 2 aromatic heterocycles. The van der Waals surface area contributed by atoms with E-state index in [0.717, 1.165) is 27.8 Å². The van der Waals surface area contributed by atoms with Crippen LogP contribution in [0, 0.1) is 0 Å². The topological polar surface area (TPSA) is 77.3 Å². The molecule has 0 aliphatic carbocycles. The zero-order chi connectivity index (χ0) is 25.0. The Morgan fingerprint density at radius 2 is 0.622 bits per heavy atom. The Labute approximate surface area is 218 Å². The maximum Gasteiger partial charge on any atom is 0.226 e. The fourth-order valence-corrected chi connectivity index (χ4v) is 4.09. The number of aromatic nitrogens is 6. The zero-order valence-corrected chi connectivity index (χ0v) is 20.3. The molecule has 0 amide bonds. The molecule has 0 aliphatic rings. The van der Waals surface area contributed by atoms with Gasteiger partial charge in [-0.05, 0) is 17.7 Å². The summed E-state index contributed by atoms with van der Waals surface area (Å²) in [4.78, 5) is 27.8. The molecule has 4 aromatic carbocycles. The Hall–Kier alpha value is -4.81. The lowest BCUT2D eigenvalue weighted by molar-refractivity contribution is 1.06. The van der Waals surface area contributed by atoms with Crippen molar-refractivity contribution >= 4 is 11.6 Å². The summed E-state index contributed by atoms with van der Waals surface area (Å²) < 4.78 is 0. The van der Waals surface area contributed by atoms with E-state index in [2.05, 4.69) is 15.0 Å². The molecule has 7 heteroatoms. The van der Waals surface area contributed by atoms with Gasteiger partial charge in [-0.15, -0.1) is 0 Å². The Morgan fingerprint density at radius 3 is 1.03 bits per heavy atom. The molecule has 6 rings (SSSR count). The molecule has 0 saturated heterocycles. The largest absolute Gasteiger partial charge is 0.226 e. The molecule has 0 N–H and O–H groups in total. The molecule has 0 fully saturated rings. The maximum absolute atomic E-state index is 6.29. The summed E-state index contributed by atoms with van der Waals surface area (Å²) in [6, 6.07) is 37.2. The standard InChI is InChI=1S/C30H19ClN6/c31-30-36-27(22-15-8-3-9-16-22)35-29(37-30)24-18-10-17-23(19-24)28-33-25(20-11-4-1-5-12-20)32-26(34-28)21-13-6-2-7-14-21/h1-19H. The van der Waals surface area contributed by atoms with Crippen molar-refractivity contribution in [1.82, 2.24) is 29.9 Å². The normalized spacial score (nSPS) is 10.8. The quantitative estimate of drug-likeness (QED) is 0.253. The molecule has 37 heavy (non-hydrogen) atoms. The fourth-order valence-electron chi connectivity index (χ4n) is 3.93. The second-order valence-corrected chi connectivity index (χ2v) is 8.57. The molecule has 0 saturated carbocycles. The average Bonchev–Trinajstić information content (AvgIpc) is 2.98. The predicted molar refractivity (Wildman–Crippen MR) is 145 cm³/mol. The molecule has 2 heterocycles. The molecule has 6 nitrogen and oxygen atoms in total. The Balaban J connectivity index is 1.47. The van der Waals surface area contributed by atoms with Crippen molar-refractivity contribution in [1.29, 1.82) is 0 Å². The van der Waals surface area contributed by atoms with Gasteiger partial charge < -0.3 is 0 Å². The van der Waals surface area contributed by atoms with Crippen LogP contribution in [0.25, 0.3) is 56.9 Å². The Morgan fingerprint density at radius 1 is 0.324 bits per heavy atom. The van der Waals surface area contributed by atoms with Gasteiger partial charge in [-0.2, -0.15) is 9.97 Å². The minimum Gasteiger partial charge on any atom is -0.208 e. The number of hydrogen-bond donors (Lipinski definition) is 0. The van der Waals surface area contributed by atoms with Crippen LogP contribution in [0.15, 0.2) is 115 Å². The van der Waals surface area contributed by atoms with Crippen LogP contribution in [-0.2, 0) is 0 Å². The van der Waals surface area contributed by atoms with Crippen molar-refractivity contribution in [3.05, 3.63) is 121 Å². The summed E-state index contributed by atoms with van der Waals surface area (Å²) >= 11 is 6.29. The van der Waals surface area contributed by atoms with E-state index >= 15 is 0 Å². The molecule has 0 unspecified atom stereocenters. The second kappa shape index (κ2) is 10.0. The summed E-state index contributed by atoms with van der Waals surface area (Å²) in [7, 11) is 0. The first kappa shape index (κ1) is 22.6. The predicted octanol–water partition coefficient (Wildman–Crippen LogP) is 7.05. The van der Waals surface area contributed by atoms with E-state index in [1.165, 1.54) is 0 Å². The Kier molecular flexibility index (Phi) is 6.15. The van der Waals surface area contributed by atoms with Crippen LogP contribution in [0.5, 0.6) is 0 Å². The van der Waals surface area contributed by atoms with E-state index in [0.29, 0.717) is 29.1 Å². The fraction of sp³-hybridized carbons (Fsp3) is 0. The van der Waals surface area contributed by atoms with Crippen molar-refractivity contribution in [2.24, 2.45) is 0 Å². The van der Waals surface area contributed by atoms with Gasteiger partial charge in [0.05, 0.1) is 0 Å². The highest BCUT2D eigenvalue weighted by Gasteiger charge is 2.14. The molecule has 0 radical (unpaired) electrons. The first-order valence-electron chi connectivity index (χ1n) is 11.7. The molecule has 0 spiro atoms. The van der Waals surface area contributed by atoms with Gasteiger partial charge in [0.2, 0.25) is 5.28 Å². The van der Waals surface area contributed by atoms with Gasteiger partial charge in [-0.3, -0.25) is 0 Å². The van der Waals surface area contributed by atoms with E-state index < -0.39 is 0 Å². The van der Waals surface area contributed by atoms with Crippen LogP contribution >= 0.6 is 11.6 Å². The minimum absolute atomic E-state index is 0.132. The van der Waals surface area contributed by atoms with Crippen molar-refractivity contribution in [3.63, 3.8) is 0 Å². The average molecular weight is 499 g/mol. The van der Waals surface area contributed by atoms with Gasteiger partial charge in [0.1, 0.15) is 0 Å². The number of rotatable bonds is 5. The highest BCUT2D eigenvalue weighted by molar-refractivity contribution is 6.28. The van der Waals surface area contributed by atoms with Gasteiger partial charge >= 0.3 is 0 Å². The lowest BCUT2D eigenvalue weighted by Crippen LogP contribution is -2.01. The van der Waals surface area contributed by atoms with Gasteiger partial charge in [0.25, 0.3) is 0 Å². The number of halogens is 1. The van der Waals surface area contributed by atoms with Crippen molar-refractivity contribution < 1.29 is 0 Å². The Bertz CT molecular complexity index is 1620. The first-order chi connectivity index (χ1) is 18.2. The second-order valence-electron chi connectivity index (χ2n) is 8.24. The van der Waals surface area contributed by atoms with Gasteiger partial charge in [-0.1, -0.05) is 109 Å². The third kappa shape index (κ3) is 4.96. The van der Waals surface area contributed by atoms with Crippen molar-refractivity contribution in [2.45, 2.75) is 0 Å². The van der Waals surface area contributed by atoms with Gasteiger partial charge in [0.15, 0.2) is 29.1 Å². The minimum atomic E-state index is 0.132. The lowest BCUT2D eigenvalue weighted by atomic mass is 10.1. The molecular weight excluding hydrogens is 480 g/mol. The van der Waals surface area contributed by atoms with Crippen LogP contribution in [0.2, 0.25) is 5.28 Å². The van der Waals surface area contributed by atoms with Crippen LogP contribution < -0.4 is 0 Å². The highest BCUT2D eigenvalue weighted by atomic mass is 35.5. The van der Waals surface area contributed by atoms with Crippen LogP contribution in [0.4, 0.5) is 0 Å². The summed E-state index contributed by atoms with van der Waals surface area (Å²) in [6.45, 7) is 0. The number of hydrogen-bond acceptors (Lipinski definition) is 6. The summed E-state index contributed by atoms with van der Waals surface area (Å²) in [5.41, 5.74) is 4.28. The maximum atomic E-state index is 6.29. The van der Waals surface area contributed by atoms with E-state index in [1.807, 2.05) is 115 Å². The zero-order valence-electron chi connectivity index (χ0n) is 19.5. The van der Waals surface area contributed by atoms with Crippen molar-refractivity contribution in [3.8, 4) is 56.9 Å². The van der Waals surface area contributed by atoms with Crippen LogP contribution in [-0.4, -0.2) is 29.9 Å². The van der Waals surface area contributed by atoms with Crippen molar-refractivity contribution in [2.75, 3.05) is 0 Å². The molecule has 0 atom stereocenters. The van der Waals surface area contributed by atoms with Gasteiger partial charge in [-0.25, -0.2) is 19.9 Å². The van der Waals surface area contributed by atoms with E-state index in [-0.39, 0.29) is 5.28 Å². The first-order valence-corrected chi connectivity index (χ1v) is 12.1. The molecule has 176 valence electrons. The van der Waals surface area contributed by atoms with Crippen LogP contribution in [0.3, 0.4) is 0 Å². The third-order valence-corrected chi connectivity index (χ3v) is 5.89. The van der Waals surface area contributed by atoms with E-state index in [1.54, 1.807) is 0 Å². The smallest absolute Gasteiger partial charge is 0.208 e. The lowest BCUT2D eigenvalue weighted by Gasteiger charge is -2.09. The summed E-state index contributed by atoms with van der Waals surface area (Å²) in [5, 5.41) is 0.132. The van der Waals surface area contributed by atoms with E-state index in [9.17, 15) is 0 Å². The highest BCUT2D eigenvalue weighted by Crippen LogP contribution is 2.28. The van der Waals surface area contributed by atoms with Gasteiger partial charge in [0, 0.05) is 27.8 Å². The third-order valence-electron chi connectivity index (χ3n) is 5.72. The molecular formula is C30H19ClN6. The number of nitrogens with zero attached hydrogens (tertiary/aromatic N) is 6. The van der Waals surface area contributed by atoms with E-state index in [4.69, 9.17) is 26.6 Å².